The lowest BCUT2D eigenvalue weighted by Crippen LogP contribution is -2.27. The number of esters is 1. The Morgan fingerprint density at radius 2 is 2.13 bits per heavy atom. The van der Waals surface area contributed by atoms with Gasteiger partial charge in [0.05, 0.1) is 0 Å². The lowest BCUT2D eigenvalue weighted by atomic mass is 9.90. The molecule has 1 aliphatic rings. The van der Waals surface area contributed by atoms with Gasteiger partial charge >= 0.3 is 5.97 Å². The van der Waals surface area contributed by atoms with E-state index in [-0.39, 0.29) is 18.4 Å². The zero-order valence-electron chi connectivity index (χ0n) is 9.04. The normalized spacial score (nSPS) is 22.7. The molecule has 0 aromatic rings. The van der Waals surface area contributed by atoms with Crippen LogP contribution in [0.1, 0.15) is 38.5 Å². The van der Waals surface area contributed by atoms with E-state index < -0.39 is 5.92 Å². The Balaban J connectivity index is 2.50. The molecule has 1 rings (SSSR count). The first-order valence-corrected chi connectivity index (χ1v) is 5.56. The molecule has 15 heavy (non-hydrogen) atoms. The van der Waals surface area contributed by atoms with Gasteiger partial charge in [-0.1, -0.05) is 31.9 Å². The molecule has 0 aromatic heterocycles. The maximum absolute atomic E-state index is 11.6. The second-order valence-electron chi connectivity index (χ2n) is 3.89. The molecule has 3 nitrogen and oxygen atoms in total. The van der Waals surface area contributed by atoms with E-state index in [4.69, 9.17) is 4.74 Å². The first kappa shape index (κ1) is 12.0. The Kier molecular flexibility index (Phi) is 5.08. The number of carbonyl (C=O) groups excluding carboxylic acids is 2. The van der Waals surface area contributed by atoms with Crippen LogP contribution in [0.4, 0.5) is 0 Å². The van der Waals surface area contributed by atoms with Gasteiger partial charge in [0, 0.05) is 6.42 Å². The number of ketones is 1. The van der Waals surface area contributed by atoms with Crippen LogP contribution in [0.3, 0.4) is 0 Å². The topological polar surface area (TPSA) is 43.4 Å². The van der Waals surface area contributed by atoms with Crippen molar-refractivity contribution in [2.24, 2.45) is 5.92 Å². The summed E-state index contributed by atoms with van der Waals surface area (Å²) in [5, 5.41) is 0. The van der Waals surface area contributed by atoms with Crippen molar-refractivity contribution in [3.05, 3.63) is 12.7 Å². The second-order valence-corrected chi connectivity index (χ2v) is 3.89. The maximum atomic E-state index is 11.6. The molecule has 1 saturated carbocycles. The minimum Gasteiger partial charge on any atom is -0.461 e. The van der Waals surface area contributed by atoms with Crippen molar-refractivity contribution in [3.63, 3.8) is 0 Å². The van der Waals surface area contributed by atoms with Crippen LogP contribution in [-0.2, 0) is 14.3 Å². The summed E-state index contributed by atoms with van der Waals surface area (Å²) in [6, 6.07) is 0. The van der Waals surface area contributed by atoms with Crippen molar-refractivity contribution in [2.45, 2.75) is 38.5 Å². The Morgan fingerprint density at radius 3 is 2.87 bits per heavy atom. The Hall–Kier alpha value is -1.12. The molecule has 1 aliphatic carbocycles. The summed E-state index contributed by atoms with van der Waals surface area (Å²) in [6.07, 6.45) is 6.75. The average molecular weight is 210 g/mol. The molecule has 84 valence electrons. The Labute approximate surface area is 90.5 Å². The Morgan fingerprint density at radius 1 is 1.40 bits per heavy atom. The summed E-state index contributed by atoms with van der Waals surface area (Å²) >= 11 is 0. The fourth-order valence-electron chi connectivity index (χ4n) is 1.83. The monoisotopic (exact) mass is 210 g/mol. The Bertz CT molecular complexity index is 245. The van der Waals surface area contributed by atoms with Gasteiger partial charge in [0.25, 0.3) is 0 Å². The highest BCUT2D eigenvalue weighted by Crippen LogP contribution is 2.20. The first-order valence-electron chi connectivity index (χ1n) is 5.56. The van der Waals surface area contributed by atoms with Crippen LogP contribution in [0, 0.1) is 5.92 Å². The van der Waals surface area contributed by atoms with Gasteiger partial charge in [0.1, 0.15) is 18.3 Å². The number of hydrogen-bond acceptors (Lipinski definition) is 3. The summed E-state index contributed by atoms with van der Waals surface area (Å²) in [5.74, 6) is -0.851. The minimum absolute atomic E-state index is 0.0452. The second kappa shape index (κ2) is 6.38. The number of Topliss-reactive ketones (excluding diaryl/α,β-unsaturated/α-hetero) is 1. The SMILES string of the molecule is C=CCOC(=O)C1CCCCCCC1=O. The van der Waals surface area contributed by atoms with Crippen molar-refractivity contribution < 1.29 is 14.3 Å². The summed E-state index contributed by atoms with van der Waals surface area (Å²) in [7, 11) is 0. The predicted molar refractivity (Wildman–Crippen MR) is 57.4 cm³/mol. The fraction of sp³-hybridized carbons (Fsp3) is 0.667. The van der Waals surface area contributed by atoms with Gasteiger partial charge in [0.15, 0.2) is 0 Å². The lowest BCUT2D eigenvalue weighted by Gasteiger charge is -2.16. The molecule has 0 aromatic carbocycles. The van der Waals surface area contributed by atoms with E-state index in [9.17, 15) is 9.59 Å². The molecule has 0 amide bonds. The van der Waals surface area contributed by atoms with Gasteiger partial charge in [-0.05, 0) is 12.8 Å². The van der Waals surface area contributed by atoms with Crippen LogP contribution in [0.2, 0.25) is 0 Å². The molecule has 1 unspecified atom stereocenters. The number of hydrogen-bond donors (Lipinski definition) is 0. The third-order valence-corrected chi connectivity index (χ3v) is 2.68. The highest BCUT2D eigenvalue weighted by Gasteiger charge is 2.27. The maximum Gasteiger partial charge on any atom is 0.316 e. The van der Waals surface area contributed by atoms with Crippen molar-refractivity contribution in [1.82, 2.24) is 0 Å². The summed E-state index contributed by atoms with van der Waals surface area (Å²) in [4.78, 5) is 23.2. The molecule has 0 spiro atoms. The van der Waals surface area contributed by atoms with Crippen molar-refractivity contribution in [2.75, 3.05) is 6.61 Å². The van der Waals surface area contributed by atoms with Crippen LogP contribution < -0.4 is 0 Å². The molecule has 3 heteroatoms. The van der Waals surface area contributed by atoms with Crippen LogP contribution >= 0.6 is 0 Å². The first-order chi connectivity index (χ1) is 7.25. The smallest absolute Gasteiger partial charge is 0.316 e. The molecule has 1 fully saturated rings. The van der Waals surface area contributed by atoms with E-state index in [1.165, 1.54) is 6.08 Å². The fourth-order valence-corrected chi connectivity index (χ4v) is 1.83. The van der Waals surface area contributed by atoms with Gasteiger partial charge in [-0.15, -0.1) is 0 Å². The van der Waals surface area contributed by atoms with E-state index in [2.05, 4.69) is 6.58 Å². The van der Waals surface area contributed by atoms with Crippen molar-refractivity contribution >= 4 is 11.8 Å². The molecule has 0 aliphatic heterocycles. The molecule has 0 heterocycles. The molecule has 0 bridgehead atoms. The third kappa shape index (κ3) is 3.86. The summed E-state index contributed by atoms with van der Waals surface area (Å²) in [5.41, 5.74) is 0. The highest BCUT2D eigenvalue weighted by atomic mass is 16.5. The van der Waals surface area contributed by atoms with E-state index in [1.54, 1.807) is 0 Å². The van der Waals surface area contributed by atoms with Crippen molar-refractivity contribution in [3.8, 4) is 0 Å². The molecule has 0 saturated heterocycles. The van der Waals surface area contributed by atoms with Crippen molar-refractivity contribution in [1.29, 1.82) is 0 Å². The molecule has 0 N–H and O–H groups in total. The quantitative estimate of drug-likeness (QED) is 0.407. The standard InChI is InChI=1S/C12H18O3/c1-2-9-15-12(14)10-7-5-3-4-6-8-11(10)13/h2,10H,1,3-9H2. The van der Waals surface area contributed by atoms with E-state index in [1.807, 2.05) is 0 Å². The van der Waals surface area contributed by atoms with Gasteiger partial charge < -0.3 is 4.74 Å². The van der Waals surface area contributed by atoms with E-state index >= 15 is 0 Å². The van der Waals surface area contributed by atoms with Gasteiger partial charge in [-0.3, -0.25) is 9.59 Å². The zero-order chi connectivity index (χ0) is 11.1. The van der Waals surface area contributed by atoms with Crippen LogP contribution in [-0.4, -0.2) is 18.4 Å². The minimum atomic E-state index is -0.523. The summed E-state index contributed by atoms with van der Waals surface area (Å²) in [6.45, 7) is 3.67. The number of ether oxygens (including phenoxy) is 1. The summed E-state index contributed by atoms with van der Waals surface area (Å²) < 4.78 is 4.92. The predicted octanol–water partition coefficient (Wildman–Crippen LogP) is 2.26. The molecular weight excluding hydrogens is 192 g/mol. The van der Waals surface area contributed by atoms with E-state index in [0.29, 0.717) is 12.8 Å². The third-order valence-electron chi connectivity index (χ3n) is 2.68. The van der Waals surface area contributed by atoms with Crippen LogP contribution in [0.15, 0.2) is 12.7 Å². The highest BCUT2D eigenvalue weighted by molar-refractivity contribution is 5.99. The molecule has 0 radical (unpaired) electrons. The molecule has 1 atom stereocenters. The van der Waals surface area contributed by atoms with Crippen LogP contribution in [0.5, 0.6) is 0 Å². The zero-order valence-corrected chi connectivity index (χ0v) is 9.04. The van der Waals surface area contributed by atoms with Crippen LogP contribution in [0.25, 0.3) is 0 Å². The molecular formula is C12H18O3. The number of carbonyl (C=O) groups is 2. The average Bonchev–Trinajstić information content (AvgIpc) is 2.20. The van der Waals surface area contributed by atoms with E-state index in [0.717, 1.165) is 25.7 Å². The van der Waals surface area contributed by atoms with Gasteiger partial charge in [-0.25, -0.2) is 0 Å². The largest absolute Gasteiger partial charge is 0.461 e. The van der Waals surface area contributed by atoms with Gasteiger partial charge in [0.2, 0.25) is 0 Å². The van der Waals surface area contributed by atoms with Gasteiger partial charge in [-0.2, -0.15) is 0 Å². The lowest BCUT2D eigenvalue weighted by molar-refractivity contribution is -0.151. The number of rotatable bonds is 3.